The quantitative estimate of drug-likeness (QED) is 0.730. The second-order valence-electron chi connectivity index (χ2n) is 4.60. The van der Waals surface area contributed by atoms with Crippen molar-refractivity contribution >= 4 is 11.9 Å². The molecule has 0 aromatic carbocycles. The lowest BCUT2D eigenvalue weighted by atomic mass is 10.00. The molecule has 1 amide bonds. The molecule has 0 saturated carbocycles. The van der Waals surface area contributed by atoms with E-state index < -0.39 is 24.3 Å². The van der Waals surface area contributed by atoms with Crippen LogP contribution in [0.15, 0.2) is 0 Å². The fourth-order valence-electron chi connectivity index (χ4n) is 1.37. The summed E-state index contributed by atoms with van der Waals surface area (Å²) >= 11 is 0. The van der Waals surface area contributed by atoms with E-state index in [1.165, 1.54) is 4.90 Å². The van der Waals surface area contributed by atoms with Crippen LogP contribution in [0.25, 0.3) is 0 Å². The van der Waals surface area contributed by atoms with Gasteiger partial charge in [-0.3, -0.25) is 9.69 Å². The van der Waals surface area contributed by atoms with Gasteiger partial charge in [-0.15, -0.1) is 0 Å². The summed E-state index contributed by atoms with van der Waals surface area (Å²) in [6.07, 6.45) is 0.124. The second-order valence-corrected chi connectivity index (χ2v) is 4.60. The van der Waals surface area contributed by atoms with Gasteiger partial charge in [0.15, 0.2) is 5.78 Å². The lowest BCUT2D eigenvalue weighted by molar-refractivity contribution is -0.131. The van der Waals surface area contributed by atoms with Crippen LogP contribution in [0, 0.1) is 0 Å². The number of hydrogen-bond donors (Lipinski definition) is 1. The SMILES string of the molecule is CC(C)(C)OC(=O)N1CC[C@@H]1C(=O)CO. The van der Waals surface area contributed by atoms with Gasteiger partial charge in [0, 0.05) is 6.54 Å². The molecule has 5 nitrogen and oxygen atoms in total. The number of ether oxygens (including phenoxy) is 1. The molecule has 5 heteroatoms. The summed E-state index contributed by atoms with van der Waals surface area (Å²) in [5, 5.41) is 8.67. The Bertz CT molecular complexity index is 269. The maximum absolute atomic E-state index is 11.5. The topological polar surface area (TPSA) is 66.8 Å². The van der Waals surface area contributed by atoms with E-state index in [1.54, 1.807) is 20.8 Å². The summed E-state index contributed by atoms with van der Waals surface area (Å²) in [5.74, 6) is -0.327. The van der Waals surface area contributed by atoms with Crippen molar-refractivity contribution < 1.29 is 19.4 Å². The van der Waals surface area contributed by atoms with Crippen molar-refractivity contribution in [2.75, 3.05) is 13.2 Å². The first-order valence-electron chi connectivity index (χ1n) is 4.98. The fraction of sp³-hybridized carbons (Fsp3) is 0.800. The van der Waals surface area contributed by atoms with Crippen molar-refractivity contribution in [2.24, 2.45) is 0 Å². The van der Waals surface area contributed by atoms with E-state index in [0.29, 0.717) is 13.0 Å². The first kappa shape index (κ1) is 12.0. The number of amides is 1. The summed E-state index contributed by atoms with van der Waals surface area (Å²) in [4.78, 5) is 24.1. The van der Waals surface area contributed by atoms with Gasteiger partial charge in [-0.25, -0.2) is 4.79 Å². The summed E-state index contributed by atoms with van der Waals surface area (Å²) in [5.41, 5.74) is -0.556. The van der Waals surface area contributed by atoms with Crippen molar-refractivity contribution in [3.63, 3.8) is 0 Å². The third kappa shape index (κ3) is 2.92. The second kappa shape index (κ2) is 4.18. The van der Waals surface area contributed by atoms with Crippen LogP contribution in [0.4, 0.5) is 4.79 Å². The van der Waals surface area contributed by atoms with E-state index in [-0.39, 0.29) is 5.78 Å². The summed E-state index contributed by atoms with van der Waals surface area (Å²) < 4.78 is 5.12. The molecule has 1 aliphatic heterocycles. The van der Waals surface area contributed by atoms with Crippen molar-refractivity contribution in [1.82, 2.24) is 4.90 Å². The number of carbonyl (C=O) groups is 2. The zero-order valence-electron chi connectivity index (χ0n) is 9.32. The van der Waals surface area contributed by atoms with Gasteiger partial charge in [0.1, 0.15) is 12.2 Å². The van der Waals surface area contributed by atoms with Crippen LogP contribution < -0.4 is 0 Å². The smallest absolute Gasteiger partial charge is 0.410 e. The normalized spacial score (nSPS) is 20.8. The summed E-state index contributed by atoms with van der Waals surface area (Å²) in [6.45, 7) is 5.31. The van der Waals surface area contributed by atoms with Crippen molar-refractivity contribution in [3.8, 4) is 0 Å². The van der Waals surface area contributed by atoms with Crippen LogP contribution >= 0.6 is 0 Å². The van der Waals surface area contributed by atoms with Crippen LogP contribution in [-0.2, 0) is 9.53 Å². The molecule has 1 atom stereocenters. The Morgan fingerprint density at radius 2 is 2.07 bits per heavy atom. The van der Waals surface area contributed by atoms with Crippen LogP contribution in [0.2, 0.25) is 0 Å². The highest BCUT2D eigenvalue weighted by Gasteiger charge is 2.39. The molecular formula is C10H17NO4. The van der Waals surface area contributed by atoms with Gasteiger partial charge in [-0.2, -0.15) is 0 Å². The first-order chi connectivity index (χ1) is 6.85. The molecule has 0 spiro atoms. The highest BCUT2D eigenvalue weighted by molar-refractivity contribution is 5.89. The minimum atomic E-state index is -0.556. The molecule has 0 bridgehead atoms. The lowest BCUT2D eigenvalue weighted by Crippen LogP contribution is -2.56. The van der Waals surface area contributed by atoms with E-state index in [0.717, 1.165) is 0 Å². The van der Waals surface area contributed by atoms with E-state index in [1.807, 2.05) is 0 Å². The average Bonchev–Trinajstić information content (AvgIpc) is 1.97. The maximum atomic E-state index is 11.5. The molecule has 0 aromatic heterocycles. The Morgan fingerprint density at radius 1 is 1.47 bits per heavy atom. The van der Waals surface area contributed by atoms with E-state index in [4.69, 9.17) is 9.84 Å². The highest BCUT2D eigenvalue weighted by atomic mass is 16.6. The molecule has 0 aromatic rings. The van der Waals surface area contributed by atoms with E-state index in [2.05, 4.69) is 0 Å². The number of carbonyl (C=O) groups excluding carboxylic acids is 2. The molecule has 0 aliphatic carbocycles. The van der Waals surface area contributed by atoms with Gasteiger partial charge >= 0.3 is 6.09 Å². The first-order valence-corrected chi connectivity index (χ1v) is 4.98. The van der Waals surface area contributed by atoms with Gasteiger partial charge in [0.25, 0.3) is 0 Å². The van der Waals surface area contributed by atoms with E-state index in [9.17, 15) is 9.59 Å². The number of ketones is 1. The molecule has 0 radical (unpaired) electrons. The van der Waals surface area contributed by atoms with Crippen LogP contribution in [0.1, 0.15) is 27.2 Å². The lowest BCUT2D eigenvalue weighted by Gasteiger charge is -2.39. The van der Waals surface area contributed by atoms with Gasteiger partial charge in [0.2, 0.25) is 0 Å². The Morgan fingerprint density at radius 3 is 2.40 bits per heavy atom. The minimum absolute atomic E-state index is 0.327. The molecule has 1 saturated heterocycles. The summed E-state index contributed by atoms with van der Waals surface area (Å²) in [7, 11) is 0. The molecule has 15 heavy (non-hydrogen) atoms. The number of Topliss-reactive ketones (excluding diaryl/α,β-unsaturated/α-hetero) is 1. The Labute approximate surface area is 89.0 Å². The van der Waals surface area contributed by atoms with Crippen LogP contribution in [0.3, 0.4) is 0 Å². The van der Waals surface area contributed by atoms with Gasteiger partial charge in [-0.05, 0) is 27.2 Å². The molecule has 1 N–H and O–H groups in total. The number of aliphatic hydroxyl groups is 1. The van der Waals surface area contributed by atoms with Crippen molar-refractivity contribution in [1.29, 1.82) is 0 Å². The number of hydrogen-bond acceptors (Lipinski definition) is 4. The molecule has 1 aliphatic rings. The third-order valence-electron chi connectivity index (χ3n) is 2.18. The Hall–Kier alpha value is -1.10. The standard InChI is InChI=1S/C10H17NO4/c1-10(2,3)15-9(14)11-5-4-7(11)8(13)6-12/h7,12H,4-6H2,1-3H3/t7-/m1/s1. The van der Waals surface area contributed by atoms with Gasteiger partial charge < -0.3 is 9.84 Å². The van der Waals surface area contributed by atoms with E-state index >= 15 is 0 Å². The molecule has 1 rings (SSSR count). The van der Waals surface area contributed by atoms with Crippen LogP contribution in [-0.4, -0.2) is 46.7 Å². The predicted molar refractivity (Wildman–Crippen MR) is 53.4 cm³/mol. The van der Waals surface area contributed by atoms with Crippen molar-refractivity contribution in [3.05, 3.63) is 0 Å². The number of rotatable bonds is 2. The zero-order chi connectivity index (χ0) is 11.6. The third-order valence-corrected chi connectivity index (χ3v) is 2.18. The van der Waals surface area contributed by atoms with Crippen LogP contribution in [0.5, 0.6) is 0 Å². The van der Waals surface area contributed by atoms with Crippen molar-refractivity contribution in [2.45, 2.75) is 38.8 Å². The highest BCUT2D eigenvalue weighted by Crippen LogP contribution is 2.21. The summed E-state index contributed by atoms with van der Waals surface area (Å²) in [6, 6.07) is -0.496. The number of aliphatic hydroxyl groups excluding tert-OH is 1. The monoisotopic (exact) mass is 215 g/mol. The van der Waals surface area contributed by atoms with Gasteiger partial charge in [0.05, 0.1) is 6.04 Å². The Balaban J connectivity index is 2.51. The average molecular weight is 215 g/mol. The largest absolute Gasteiger partial charge is 0.444 e. The molecular weight excluding hydrogens is 198 g/mol. The van der Waals surface area contributed by atoms with Gasteiger partial charge in [-0.1, -0.05) is 0 Å². The zero-order valence-corrected chi connectivity index (χ0v) is 9.32. The number of nitrogens with zero attached hydrogens (tertiary/aromatic N) is 1. The predicted octanol–water partition coefficient (Wildman–Crippen LogP) is 0.557. The molecule has 1 heterocycles. The Kier molecular flexibility index (Phi) is 3.34. The molecule has 0 unspecified atom stereocenters. The molecule has 86 valence electrons. The molecule has 1 fully saturated rings. The fourth-order valence-corrected chi connectivity index (χ4v) is 1.37. The maximum Gasteiger partial charge on any atom is 0.410 e. The number of likely N-dealkylation sites (tertiary alicyclic amines) is 1. The minimum Gasteiger partial charge on any atom is -0.444 e.